The molecule has 6 heteroatoms. The minimum atomic E-state index is -0.428. The van der Waals surface area contributed by atoms with Gasteiger partial charge in [0.25, 0.3) is 0 Å². The molecule has 0 aromatic heterocycles. The minimum Gasteiger partial charge on any atom is -0.462 e. The molecule has 0 aliphatic carbocycles. The Balaban J connectivity index is 3.02. The smallest absolute Gasteiger partial charge is 0.338 e. The Morgan fingerprint density at radius 2 is 2.24 bits per heavy atom. The van der Waals surface area contributed by atoms with Crippen LogP contribution >= 0.6 is 11.6 Å². The fraction of sp³-hybridized carbons (Fsp3) is 0.273. The van der Waals surface area contributed by atoms with Gasteiger partial charge in [-0.2, -0.15) is 0 Å². The number of rotatable bonds is 4. The van der Waals surface area contributed by atoms with Crippen LogP contribution in [-0.2, 0) is 9.57 Å². The van der Waals surface area contributed by atoms with Gasteiger partial charge in [0, 0.05) is 5.56 Å². The molecule has 0 radical (unpaired) electrons. The van der Waals surface area contributed by atoms with Crippen molar-refractivity contribution in [1.29, 1.82) is 0 Å². The normalized spacial score (nSPS) is 11.1. The van der Waals surface area contributed by atoms with Crippen LogP contribution in [0.2, 0.25) is 5.02 Å². The third-order valence-corrected chi connectivity index (χ3v) is 2.26. The van der Waals surface area contributed by atoms with E-state index < -0.39 is 5.97 Å². The first kappa shape index (κ1) is 13.3. The van der Waals surface area contributed by atoms with Gasteiger partial charge in [0.1, 0.15) is 7.11 Å². The van der Waals surface area contributed by atoms with E-state index in [0.717, 1.165) is 0 Å². The van der Waals surface area contributed by atoms with Crippen LogP contribution in [0.3, 0.4) is 0 Å². The number of hydrogen-bond acceptors (Lipinski definition) is 4. The van der Waals surface area contributed by atoms with E-state index in [0.29, 0.717) is 22.8 Å². The number of halogens is 1. The molecule has 0 saturated heterocycles. The molecule has 0 spiro atoms. The lowest BCUT2D eigenvalue weighted by atomic mass is 10.1. The Morgan fingerprint density at radius 3 is 2.76 bits per heavy atom. The molecular formula is C11H13ClN2O3. The zero-order valence-electron chi connectivity index (χ0n) is 9.57. The topological polar surface area (TPSA) is 73.9 Å². The molecule has 0 heterocycles. The van der Waals surface area contributed by atoms with Crippen LogP contribution < -0.4 is 5.73 Å². The molecule has 0 aliphatic heterocycles. The quantitative estimate of drug-likeness (QED) is 0.386. The van der Waals surface area contributed by atoms with Crippen molar-refractivity contribution in [3.8, 4) is 0 Å². The van der Waals surface area contributed by atoms with E-state index in [1.54, 1.807) is 19.1 Å². The van der Waals surface area contributed by atoms with E-state index in [9.17, 15) is 4.79 Å². The third kappa shape index (κ3) is 3.35. The van der Waals surface area contributed by atoms with Gasteiger partial charge in [-0.05, 0) is 25.1 Å². The lowest BCUT2D eigenvalue weighted by Crippen LogP contribution is -2.15. The molecule has 92 valence electrons. The monoisotopic (exact) mass is 256 g/mol. The summed E-state index contributed by atoms with van der Waals surface area (Å²) in [6, 6.07) is 4.64. The number of carbonyl (C=O) groups excluding carboxylic acids is 1. The maximum absolute atomic E-state index is 11.4. The van der Waals surface area contributed by atoms with Gasteiger partial charge in [0.2, 0.25) is 0 Å². The van der Waals surface area contributed by atoms with Crippen LogP contribution in [-0.4, -0.2) is 25.5 Å². The highest BCUT2D eigenvalue weighted by Crippen LogP contribution is 2.18. The number of amidine groups is 1. The molecule has 2 N–H and O–H groups in total. The summed E-state index contributed by atoms with van der Waals surface area (Å²) in [7, 11) is 1.38. The predicted molar refractivity (Wildman–Crippen MR) is 65.1 cm³/mol. The number of oxime groups is 1. The summed E-state index contributed by atoms with van der Waals surface area (Å²) in [6.07, 6.45) is 0. The van der Waals surface area contributed by atoms with E-state index in [-0.39, 0.29) is 5.84 Å². The van der Waals surface area contributed by atoms with Crippen molar-refractivity contribution in [2.45, 2.75) is 6.92 Å². The van der Waals surface area contributed by atoms with E-state index >= 15 is 0 Å². The molecule has 0 saturated carbocycles. The van der Waals surface area contributed by atoms with Crippen LogP contribution in [0.4, 0.5) is 0 Å². The maximum atomic E-state index is 11.4. The Labute approximate surface area is 104 Å². The first-order valence-corrected chi connectivity index (χ1v) is 5.31. The maximum Gasteiger partial charge on any atom is 0.338 e. The zero-order chi connectivity index (χ0) is 12.8. The summed E-state index contributed by atoms with van der Waals surface area (Å²) in [5.74, 6) is -0.281. The van der Waals surface area contributed by atoms with Gasteiger partial charge in [0.05, 0.1) is 17.2 Å². The van der Waals surface area contributed by atoms with E-state index in [4.69, 9.17) is 22.1 Å². The van der Waals surface area contributed by atoms with Gasteiger partial charge in [-0.3, -0.25) is 0 Å². The zero-order valence-corrected chi connectivity index (χ0v) is 10.3. The Kier molecular flexibility index (Phi) is 4.78. The number of hydrogen-bond donors (Lipinski definition) is 1. The highest BCUT2D eigenvalue weighted by Gasteiger charge is 2.11. The summed E-state index contributed by atoms with van der Waals surface area (Å²) in [4.78, 5) is 16.0. The van der Waals surface area contributed by atoms with Crippen molar-refractivity contribution in [2.24, 2.45) is 10.9 Å². The van der Waals surface area contributed by atoms with Crippen molar-refractivity contribution in [3.63, 3.8) is 0 Å². The van der Waals surface area contributed by atoms with Crippen molar-refractivity contribution in [2.75, 3.05) is 13.7 Å². The molecule has 0 amide bonds. The minimum absolute atomic E-state index is 0.146. The van der Waals surface area contributed by atoms with E-state index in [1.807, 2.05) is 0 Å². The highest BCUT2D eigenvalue weighted by atomic mass is 35.5. The number of ether oxygens (including phenoxy) is 1. The van der Waals surface area contributed by atoms with Crippen LogP contribution in [0.15, 0.2) is 23.4 Å². The fourth-order valence-electron chi connectivity index (χ4n) is 1.21. The van der Waals surface area contributed by atoms with Crippen molar-refractivity contribution in [3.05, 3.63) is 34.3 Å². The van der Waals surface area contributed by atoms with Gasteiger partial charge in [0.15, 0.2) is 5.84 Å². The average Bonchev–Trinajstić information content (AvgIpc) is 2.29. The molecule has 0 atom stereocenters. The van der Waals surface area contributed by atoms with Crippen LogP contribution in [0.1, 0.15) is 22.8 Å². The lowest BCUT2D eigenvalue weighted by molar-refractivity contribution is 0.0526. The number of carbonyl (C=O) groups is 1. The molecule has 17 heavy (non-hydrogen) atoms. The van der Waals surface area contributed by atoms with Gasteiger partial charge in [-0.25, -0.2) is 4.79 Å². The molecular weight excluding hydrogens is 244 g/mol. The summed E-state index contributed by atoms with van der Waals surface area (Å²) in [5, 5.41) is 3.87. The Hall–Kier alpha value is -1.75. The number of nitrogens with zero attached hydrogens (tertiary/aromatic N) is 1. The second-order valence-corrected chi connectivity index (χ2v) is 3.48. The summed E-state index contributed by atoms with van der Waals surface area (Å²) in [6.45, 7) is 2.04. The molecule has 1 aromatic carbocycles. The molecule has 0 bridgehead atoms. The average molecular weight is 257 g/mol. The Morgan fingerprint density at radius 1 is 1.53 bits per heavy atom. The Bertz CT molecular complexity index is 446. The molecule has 5 nitrogen and oxygen atoms in total. The molecule has 0 fully saturated rings. The van der Waals surface area contributed by atoms with Crippen LogP contribution in [0, 0.1) is 0 Å². The SMILES string of the molecule is CCOC(=O)c1ccc(C(N)=NOC)c(Cl)c1. The summed E-state index contributed by atoms with van der Waals surface area (Å²) < 4.78 is 4.85. The summed E-state index contributed by atoms with van der Waals surface area (Å²) >= 11 is 5.98. The molecule has 1 aromatic rings. The summed E-state index contributed by atoms with van der Waals surface area (Å²) in [5.41, 5.74) is 6.48. The first-order valence-electron chi connectivity index (χ1n) is 4.93. The second-order valence-electron chi connectivity index (χ2n) is 3.07. The van der Waals surface area contributed by atoms with Crippen molar-refractivity contribution >= 4 is 23.4 Å². The third-order valence-electron chi connectivity index (χ3n) is 1.95. The number of benzene rings is 1. The van der Waals surface area contributed by atoms with Crippen molar-refractivity contribution in [1.82, 2.24) is 0 Å². The molecule has 1 rings (SSSR count). The van der Waals surface area contributed by atoms with Crippen LogP contribution in [0.25, 0.3) is 0 Å². The van der Waals surface area contributed by atoms with Gasteiger partial charge in [-0.15, -0.1) is 0 Å². The molecule has 0 unspecified atom stereocenters. The fourth-order valence-corrected chi connectivity index (χ4v) is 1.49. The predicted octanol–water partition coefficient (Wildman–Crippen LogP) is 1.78. The van der Waals surface area contributed by atoms with Gasteiger partial charge >= 0.3 is 5.97 Å². The number of esters is 1. The first-order chi connectivity index (χ1) is 8.10. The van der Waals surface area contributed by atoms with Gasteiger partial charge < -0.3 is 15.3 Å². The van der Waals surface area contributed by atoms with Crippen LogP contribution in [0.5, 0.6) is 0 Å². The highest BCUT2D eigenvalue weighted by molar-refractivity contribution is 6.34. The standard InChI is InChI=1S/C11H13ClN2O3/c1-3-17-11(15)7-4-5-8(9(12)6-7)10(13)14-16-2/h4-6H,3H2,1-2H3,(H2,13,14). The second kappa shape index (κ2) is 6.10. The van der Waals surface area contributed by atoms with Crippen molar-refractivity contribution < 1.29 is 14.4 Å². The molecule has 0 aliphatic rings. The van der Waals surface area contributed by atoms with E-state index in [1.165, 1.54) is 13.2 Å². The number of nitrogens with two attached hydrogens (primary N) is 1. The van der Waals surface area contributed by atoms with Gasteiger partial charge in [-0.1, -0.05) is 16.8 Å². The lowest BCUT2D eigenvalue weighted by Gasteiger charge is -2.06. The largest absolute Gasteiger partial charge is 0.462 e. The van der Waals surface area contributed by atoms with E-state index in [2.05, 4.69) is 9.99 Å².